The Balaban J connectivity index is 4.11. The summed E-state index contributed by atoms with van der Waals surface area (Å²) in [5, 5.41) is 31.0. The van der Waals surface area contributed by atoms with Crippen molar-refractivity contribution in [1.82, 2.24) is 10.6 Å². The number of carbonyl (C=O) groups excluding carboxylic acids is 4. The van der Waals surface area contributed by atoms with Crippen molar-refractivity contribution in [3.8, 4) is 0 Å². The highest BCUT2D eigenvalue weighted by Gasteiger charge is 2.21. The molecule has 16 nitrogen and oxygen atoms in total. The van der Waals surface area contributed by atoms with Crippen molar-refractivity contribution in [2.24, 2.45) is 22.1 Å². The Kier molecular flexibility index (Phi) is 20.3. The van der Waals surface area contributed by atoms with E-state index in [0.717, 1.165) is 0 Å². The average molecular weight is 551 g/mol. The zero-order chi connectivity index (χ0) is 28.8. The minimum absolute atomic E-state index is 0.117. The summed E-state index contributed by atoms with van der Waals surface area (Å²) in [6.07, 6.45) is -0.264. The molecular weight excluding hydrogens is 512 g/mol. The van der Waals surface area contributed by atoms with Crippen molar-refractivity contribution >= 4 is 36.8 Å². The first-order valence-electron chi connectivity index (χ1n) is 11.6. The molecule has 0 fully saturated rings. The molecule has 16 heteroatoms. The molecule has 0 aliphatic carbocycles. The molecule has 0 aromatic rings. The number of aliphatic hydroxyl groups excluding tert-OH is 2. The molecule has 0 saturated heterocycles. The van der Waals surface area contributed by atoms with Gasteiger partial charge in [0, 0.05) is 51.6 Å². The summed E-state index contributed by atoms with van der Waals surface area (Å²) in [4.78, 5) is 54.8. The Morgan fingerprint density at radius 3 is 1.42 bits per heavy atom. The number of rotatable bonds is 23. The van der Waals surface area contributed by atoms with Crippen LogP contribution in [0.5, 0.6) is 0 Å². The smallest absolute Gasteiger partial charge is 0.260 e. The minimum atomic E-state index is -1.12. The Hall–Kier alpha value is -3.02. The van der Waals surface area contributed by atoms with Crippen molar-refractivity contribution in [3.05, 3.63) is 0 Å². The Morgan fingerprint density at radius 2 is 1.13 bits per heavy atom. The van der Waals surface area contributed by atoms with Gasteiger partial charge in [0.2, 0.25) is 12.6 Å². The van der Waals surface area contributed by atoms with E-state index < -0.39 is 48.4 Å². The Bertz CT molecular complexity index is 679. The second-order valence-corrected chi connectivity index (χ2v) is 7.67. The van der Waals surface area contributed by atoms with Crippen LogP contribution in [0.15, 0.2) is 10.3 Å². The maximum absolute atomic E-state index is 11.8. The number of amides is 2. The molecule has 0 heterocycles. The van der Waals surface area contributed by atoms with Gasteiger partial charge in [0.25, 0.3) is 11.8 Å². The van der Waals surface area contributed by atoms with Crippen LogP contribution in [0, 0.1) is 11.8 Å². The standard InChI is InChI=1S/C22H38N4O12/c1-15(17(9-27)37-21(11-29)33-3)7-25-35-13-19(31)23-5-6-24-20(32)14-36-26-8-16(2)18(10-28)38-22(12-30)34-4/h7-8,11-12,15-18,21-22,27-28H,5-6,9-10,13-14H2,1-4H3,(H,23,31)(H,24,32)/b25-7-,26-8?. The molecule has 2 amide bonds. The lowest BCUT2D eigenvalue weighted by Crippen LogP contribution is -2.37. The van der Waals surface area contributed by atoms with Gasteiger partial charge in [0.1, 0.15) is 0 Å². The second-order valence-electron chi connectivity index (χ2n) is 7.67. The maximum atomic E-state index is 11.8. The molecule has 0 bridgehead atoms. The number of carbonyl (C=O) groups is 4. The summed E-state index contributed by atoms with van der Waals surface area (Å²) >= 11 is 0. The molecule has 38 heavy (non-hydrogen) atoms. The van der Waals surface area contributed by atoms with E-state index in [1.807, 2.05) is 0 Å². The van der Waals surface area contributed by atoms with Crippen LogP contribution < -0.4 is 10.6 Å². The molecule has 0 rings (SSSR count). The van der Waals surface area contributed by atoms with E-state index in [0.29, 0.717) is 12.6 Å². The molecule has 0 saturated carbocycles. The van der Waals surface area contributed by atoms with E-state index in [1.54, 1.807) is 13.8 Å². The summed E-state index contributed by atoms with van der Waals surface area (Å²) in [7, 11) is 2.57. The van der Waals surface area contributed by atoms with Gasteiger partial charge in [-0.05, 0) is 0 Å². The predicted octanol–water partition coefficient (Wildman–Crippen LogP) is -2.41. The number of oxime groups is 2. The minimum Gasteiger partial charge on any atom is -0.394 e. The normalized spacial score (nSPS) is 16.3. The highest BCUT2D eigenvalue weighted by atomic mass is 16.7. The number of ether oxygens (including phenoxy) is 4. The third kappa shape index (κ3) is 16.0. The number of aliphatic hydroxyl groups is 2. The maximum Gasteiger partial charge on any atom is 0.260 e. The predicted molar refractivity (Wildman–Crippen MR) is 131 cm³/mol. The van der Waals surface area contributed by atoms with Crippen LogP contribution in [0.4, 0.5) is 0 Å². The van der Waals surface area contributed by atoms with Crippen molar-refractivity contribution in [3.63, 3.8) is 0 Å². The summed E-state index contributed by atoms with van der Waals surface area (Å²) in [5.41, 5.74) is 0. The zero-order valence-electron chi connectivity index (χ0n) is 21.9. The first kappa shape index (κ1) is 35.0. The van der Waals surface area contributed by atoms with Crippen molar-refractivity contribution < 1.29 is 58.0 Å². The highest BCUT2D eigenvalue weighted by molar-refractivity contribution is 5.78. The lowest BCUT2D eigenvalue weighted by atomic mass is 10.1. The summed E-state index contributed by atoms with van der Waals surface area (Å²) in [6, 6.07) is 0. The van der Waals surface area contributed by atoms with Crippen LogP contribution in [0.25, 0.3) is 0 Å². The van der Waals surface area contributed by atoms with E-state index in [9.17, 15) is 29.4 Å². The molecule has 0 aromatic carbocycles. The third-order valence-corrected chi connectivity index (χ3v) is 4.74. The number of nitrogens with zero attached hydrogens (tertiary/aromatic N) is 2. The number of hydrogen-bond acceptors (Lipinski definition) is 14. The van der Waals surface area contributed by atoms with E-state index in [2.05, 4.69) is 20.9 Å². The molecule has 4 N–H and O–H groups in total. The first-order valence-corrected chi connectivity index (χ1v) is 11.6. The quantitative estimate of drug-likeness (QED) is 0.0344. The summed E-state index contributed by atoms with van der Waals surface area (Å²) in [5.74, 6) is -1.86. The third-order valence-electron chi connectivity index (χ3n) is 4.74. The van der Waals surface area contributed by atoms with Gasteiger partial charge in [-0.2, -0.15) is 0 Å². The van der Waals surface area contributed by atoms with Crippen LogP contribution in [0.1, 0.15) is 13.8 Å². The van der Waals surface area contributed by atoms with Gasteiger partial charge in [-0.1, -0.05) is 24.2 Å². The molecule has 0 spiro atoms. The van der Waals surface area contributed by atoms with Crippen LogP contribution in [-0.2, 0) is 47.8 Å². The SMILES string of the molecule is COC(C=O)OC(CO)C(C)C=NOCC(=O)NCCNC(=O)CO/N=C\C(C)C(CO)OC(C=O)OC. The highest BCUT2D eigenvalue weighted by Crippen LogP contribution is 2.09. The van der Waals surface area contributed by atoms with Gasteiger partial charge in [-0.25, -0.2) is 0 Å². The molecule has 0 radical (unpaired) electrons. The fourth-order valence-electron chi connectivity index (χ4n) is 2.47. The fraction of sp³-hybridized carbons (Fsp3) is 0.727. The van der Waals surface area contributed by atoms with Gasteiger partial charge < -0.3 is 49.5 Å². The largest absolute Gasteiger partial charge is 0.394 e. The Labute approximate surface area is 220 Å². The lowest BCUT2D eigenvalue weighted by molar-refractivity contribution is -0.172. The van der Waals surface area contributed by atoms with Crippen LogP contribution in [-0.4, -0.2) is 126 Å². The molecule has 6 atom stereocenters. The second kappa shape index (κ2) is 22.0. The molecule has 218 valence electrons. The molecule has 0 aliphatic rings. The van der Waals surface area contributed by atoms with Gasteiger partial charge in [0.05, 0.1) is 25.4 Å². The number of aldehydes is 2. The van der Waals surface area contributed by atoms with E-state index in [-0.39, 0.29) is 39.5 Å². The van der Waals surface area contributed by atoms with Gasteiger partial charge >= 0.3 is 0 Å². The lowest BCUT2D eigenvalue weighted by Gasteiger charge is -2.21. The average Bonchev–Trinajstić information content (AvgIpc) is 2.92. The summed E-state index contributed by atoms with van der Waals surface area (Å²) < 4.78 is 20.0. The fourth-order valence-corrected chi connectivity index (χ4v) is 2.47. The number of methoxy groups -OCH3 is 2. The first-order chi connectivity index (χ1) is 18.3. The van der Waals surface area contributed by atoms with Crippen molar-refractivity contribution in [2.45, 2.75) is 38.6 Å². The monoisotopic (exact) mass is 550 g/mol. The summed E-state index contributed by atoms with van der Waals surface area (Å²) in [6.45, 7) is 2.01. The van der Waals surface area contributed by atoms with Crippen molar-refractivity contribution in [1.29, 1.82) is 0 Å². The van der Waals surface area contributed by atoms with E-state index in [1.165, 1.54) is 26.6 Å². The van der Waals surface area contributed by atoms with E-state index in [4.69, 9.17) is 28.6 Å². The molecule has 6 unspecified atom stereocenters. The molecule has 0 aromatic heterocycles. The van der Waals surface area contributed by atoms with Gasteiger partial charge in [0.15, 0.2) is 25.8 Å². The molecule has 0 aliphatic heterocycles. The number of nitrogens with one attached hydrogen (secondary N) is 2. The van der Waals surface area contributed by atoms with Gasteiger partial charge in [-0.15, -0.1) is 0 Å². The topological polar surface area (TPSA) is 213 Å². The Morgan fingerprint density at radius 1 is 0.763 bits per heavy atom. The van der Waals surface area contributed by atoms with Gasteiger partial charge in [-0.3, -0.25) is 19.2 Å². The zero-order valence-corrected chi connectivity index (χ0v) is 21.9. The van der Waals surface area contributed by atoms with E-state index >= 15 is 0 Å². The van der Waals surface area contributed by atoms with Crippen LogP contribution >= 0.6 is 0 Å². The molecular formula is C22H38N4O12. The number of hydrogen-bond donors (Lipinski definition) is 4. The van der Waals surface area contributed by atoms with Crippen LogP contribution in [0.2, 0.25) is 0 Å². The van der Waals surface area contributed by atoms with Crippen LogP contribution in [0.3, 0.4) is 0 Å². The van der Waals surface area contributed by atoms with Crippen molar-refractivity contribution in [2.75, 3.05) is 53.7 Å².